The summed E-state index contributed by atoms with van der Waals surface area (Å²) < 4.78 is 0. The molecule has 1 saturated heterocycles. The number of rotatable bonds is 3. The molecule has 1 aliphatic heterocycles. The first-order valence-electron chi connectivity index (χ1n) is 5.80. The van der Waals surface area contributed by atoms with Gasteiger partial charge in [0, 0.05) is 25.4 Å². The van der Waals surface area contributed by atoms with E-state index in [9.17, 15) is 4.79 Å². The highest BCUT2D eigenvalue weighted by Gasteiger charge is 2.19. The van der Waals surface area contributed by atoms with Gasteiger partial charge in [0.15, 0.2) is 0 Å². The average molecular weight is 268 g/mol. The Morgan fingerprint density at radius 1 is 1.61 bits per heavy atom. The number of carboxylic acid groups (broad SMARTS) is 1. The number of piperidine rings is 1. The maximum absolute atomic E-state index is 10.5. The molecule has 1 aliphatic rings. The lowest BCUT2D eigenvalue weighted by atomic mass is 9.97. The average Bonchev–Trinajstić information content (AvgIpc) is 2.37. The molecule has 0 saturated carbocycles. The SMILES string of the molecule is O=C(O)/C=C/C1CCCN(c2ccnc(Cl)n2)C1. The molecule has 1 aromatic heterocycles. The van der Waals surface area contributed by atoms with E-state index in [-0.39, 0.29) is 11.2 Å². The van der Waals surface area contributed by atoms with Gasteiger partial charge in [-0.3, -0.25) is 0 Å². The van der Waals surface area contributed by atoms with Crippen molar-refractivity contribution < 1.29 is 9.90 Å². The summed E-state index contributed by atoms with van der Waals surface area (Å²) in [5, 5.41) is 8.86. The van der Waals surface area contributed by atoms with Crippen molar-refractivity contribution in [2.24, 2.45) is 5.92 Å². The molecule has 0 spiro atoms. The Hall–Kier alpha value is -1.62. The normalized spacial score (nSPS) is 20.3. The Bertz CT molecular complexity index is 464. The molecule has 18 heavy (non-hydrogen) atoms. The van der Waals surface area contributed by atoms with E-state index in [0.29, 0.717) is 0 Å². The van der Waals surface area contributed by atoms with Gasteiger partial charge in [-0.05, 0) is 36.4 Å². The molecule has 1 atom stereocenters. The summed E-state index contributed by atoms with van der Waals surface area (Å²) in [6.45, 7) is 1.67. The minimum Gasteiger partial charge on any atom is -0.478 e. The van der Waals surface area contributed by atoms with Gasteiger partial charge in [-0.1, -0.05) is 6.08 Å². The number of aromatic nitrogens is 2. The van der Waals surface area contributed by atoms with Gasteiger partial charge in [-0.15, -0.1) is 0 Å². The third-order valence-electron chi connectivity index (χ3n) is 2.90. The van der Waals surface area contributed by atoms with Crippen molar-refractivity contribution in [3.8, 4) is 0 Å². The minimum atomic E-state index is -0.905. The van der Waals surface area contributed by atoms with Crippen LogP contribution in [0.25, 0.3) is 0 Å². The summed E-state index contributed by atoms with van der Waals surface area (Å²) in [4.78, 5) is 20.6. The van der Waals surface area contributed by atoms with Gasteiger partial charge in [0.2, 0.25) is 5.28 Å². The van der Waals surface area contributed by atoms with Crippen LogP contribution in [0.1, 0.15) is 12.8 Å². The van der Waals surface area contributed by atoms with E-state index in [1.54, 1.807) is 12.3 Å². The molecule has 6 heteroatoms. The van der Waals surface area contributed by atoms with Crippen LogP contribution in [-0.4, -0.2) is 34.1 Å². The maximum Gasteiger partial charge on any atom is 0.327 e. The number of carbonyl (C=O) groups is 1. The maximum atomic E-state index is 10.5. The molecule has 0 radical (unpaired) electrons. The second kappa shape index (κ2) is 5.82. The topological polar surface area (TPSA) is 66.3 Å². The van der Waals surface area contributed by atoms with Crippen LogP contribution in [0.3, 0.4) is 0 Å². The van der Waals surface area contributed by atoms with Crippen molar-refractivity contribution in [3.63, 3.8) is 0 Å². The van der Waals surface area contributed by atoms with Crippen LogP contribution in [0.5, 0.6) is 0 Å². The Labute approximate surface area is 110 Å². The molecule has 0 bridgehead atoms. The molecule has 96 valence electrons. The smallest absolute Gasteiger partial charge is 0.327 e. The van der Waals surface area contributed by atoms with Crippen LogP contribution < -0.4 is 4.90 Å². The first kappa shape index (κ1) is 12.8. The monoisotopic (exact) mass is 267 g/mol. The van der Waals surface area contributed by atoms with Crippen LogP contribution in [0.15, 0.2) is 24.4 Å². The van der Waals surface area contributed by atoms with E-state index in [1.807, 2.05) is 6.07 Å². The van der Waals surface area contributed by atoms with Gasteiger partial charge in [0.1, 0.15) is 5.82 Å². The summed E-state index contributed by atoms with van der Waals surface area (Å²) >= 11 is 5.76. The lowest BCUT2D eigenvalue weighted by molar-refractivity contribution is -0.131. The van der Waals surface area contributed by atoms with Crippen molar-refractivity contribution in [2.75, 3.05) is 18.0 Å². The predicted octanol–water partition coefficient (Wildman–Crippen LogP) is 1.99. The van der Waals surface area contributed by atoms with Crippen molar-refractivity contribution in [1.29, 1.82) is 0 Å². The van der Waals surface area contributed by atoms with E-state index in [1.165, 1.54) is 6.08 Å². The number of anilines is 1. The van der Waals surface area contributed by atoms with Crippen LogP contribution >= 0.6 is 11.6 Å². The fourth-order valence-electron chi connectivity index (χ4n) is 2.10. The first-order chi connectivity index (χ1) is 8.65. The van der Waals surface area contributed by atoms with Gasteiger partial charge in [0.05, 0.1) is 0 Å². The Kier molecular flexibility index (Phi) is 4.15. The molecule has 1 N–H and O–H groups in total. The predicted molar refractivity (Wildman–Crippen MR) is 68.8 cm³/mol. The zero-order valence-electron chi connectivity index (χ0n) is 9.79. The zero-order valence-corrected chi connectivity index (χ0v) is 10.5. The van der Waals surface area contributed by atoms with E-state index < -0.39 is 5.97 Å². The second-order valence-corrected chi connectivity index (χ2v) is 4.57. The lowest BCUT2D eigenvalue weighted by Gasteiger charge is -2.32. The van der Waals surface area contributed by atoms with Crippen LogP contribution in [0.4, 0.5) is 5.82 Å². The molecule has 0 amide bonds. The number of halogens is 1. The highest BCUT2D eigenvalue weighted by molar-refractivity contribution is 6.28. The Morgan fingerprint density at radius 2 is 2.44 bits per heavy atom. The number of nitrogens with zero attached hydrogens (tertiary/aromatic N) is 3. The molecule has 1 aromatic rings. The summed E-state index contributed by atoms with van der Waals surface area (Å²) in [6.07, 6.45) is 6.59. The molecular formula is C12H14ClN3O2. The molecule has 5 nitrogen and oxygen atoms in total. The van der Waals surface area contributed by atoms with E-state index in [2.05, 4.69) is 14.9 Å². The molecule has 2 rings (SSSR count). The third-order valence-corrected chi connectivity index (χ3v) is 3.09. The number of carboxylic acids is 1. The van der Waals surface area contributed by atoms with Gasteiger partial charge < -0.3 is 10.0 Å². The molecule has 0 aliphatic carbocycles. The zero-order chi connectivity index (χ0) is 13.0. The lowest BCUT2D eigenvalue weighted by Crippen LogP contribution is -2.35. The summed E-state index contributed by atoms with van der Waals surface area (Å²) in [5.74, 6) is 0.129. The van der Waals surface area contributed by atoms with Crippen molar-refractivity contribution >= 4 is 23.4 Å². The first-order valence-corrected chi connectivity index (χ1v) is 6.17. The molecule has 0 aromatic carbocycles. The van der Waals surface area contributed by atoms with Crippen LogP contribution in [0.2, 0.25) is 5.28 Å². The third kappa shape index (κ3) is 3.43. The minimum absolute atomic E-state index is 0.232. The largest absolute Gasteiger partial charge is 0.478 e. The van der Waals surface area contributed by atoms with Crippen molar-refractivity contribution in [2.45, 2.75) is 12.8 Å². The summed E-state index contributed by atoms with van der Waals surface area (Å²) in [7, 11) is 0. The molecule has 1 fully saturated rings. The summed E-state index contributed by atoms with van der Waals surface area (Å²) in [6, 6.07) is 1.81. The summed E-state index contributed by atoms with van der Waals surface area (Å²) in [5.41, 5.74) is 0. The van der Waals surface area contributed by atoms with E-state index in [0.717, 1.165) is 31.7 Å². The second-order valence-electron chi connectivity index (χ2n) is 4.23. The molecule has 1 unspecified atom stereocenters. The van der Waals surface area contributed by atoms with Gasteiger partial charge in [0.25, 0.3) is 0 Å². The van der Waals surface area contributed by atoms with Gasteiger partial charge in [-0.2, -0.15) is 0 Å². The van der Waals surface area contributed by atoms with Crippen molar-refractivity contribution in [1.82, 2.24) is 9.97 Å². The standard InChI is InChI=1S/C12H14ClN3O2/c13-12-14-6-5-10(15-12)16-7-1-2-9(8-16)3-4-11(17)18/h3-6,9H,1-2,7-8H2,(H,17,18)/b4-3+. The van der Waals surface area contributed by atoms with Crippen LogP contribution in [-0.2, 0) is 4.79 Å². The van der Waals surface area contributed by atoms with Gasteiger partial charge >= 0.3 is 5.97 Å². The Balaban J connectivity index is 2.04. The quantitative estimate of drug-likeness (QED) is 0.670. The van der Waals surface area contributed by atoms with E-state index in [4.69, 9.17) is 16.7 Å². The van der Waals surface area contributed by atoms with Gasteiger partial charge in [-0.25, -0.2) is 14.8 Å². The molecule has 2 heterocycles. The van der Waals surface area contributed by atoms with E-state index >= 15 is 0 Å². The number of hydrogen-bond donors (Lipinski definition) is 1. The van der Waals surface area contributed by atoms with Crippen LogP contribution in [0, 0.1) is 5.92 Å². The highest BCUT2D eigenvalue weighted by Crippen LogP contribution is 2.22. The number of hydrogen-bond acceptors (Lipinski definition) is 4. The fraction of sp³-hybridized carbons (Fsp3) is 0.417. The Morgan fingerprint density at radius 3 is 3.17 bits per heavy atom. The highest BCUT2D eigenvalue weighted by atomic mass is 35.5. The number of aliphatic carboxylic acids is 1. The van der Waals surface area contributed by atoms with Crippen molar-refractivity contribution in [3.05, 3.63) is 29.7 Å². The fourth-order valence-corrected chi connectivity index (χ4v) is 2.24. The molecular weight excluding hydrogens is 254 g/mol.